The Kier molecular flexibility index (Phi) is 3.26. The van der Waals surface area contributed by atoms with Crippen LogP contribution in [0.25, 0.3) is 0 Å². The molecule has 0 radical (unpaired) electrons. The minimum absolute atomic E-state index is 0.239. The summed E-state index contributed by atoms with van der Waals surface area (Å²) in [6.07, 6.45) is 3.46. The molecule has 2 rings (SSSR count). The van der Waals surface area contributed by atoms with E-state index in [0.29, 0.717) is 31.2 Å². The smallest absolute Gasteiger partial charge is 0.314 e. The molecule has 0 aromatic rings. The molecule has 17 heavy (non-hydrogen) atoms. The number of carbonyl (C=O) groups is 2. The van der Waals surface area contributed by atoms with Crippen molar-refractivity contribution in [2.24, 2.45) is 17.3 Å². The van der Waals surface area contributed by atoms with Crippen molar-refractivity contribution in [3.05, 3.63) is 0 Å². The average molecular weight is 240 g/mol. The van der Waals surface area contributed by atoms with Gasteiger partial charge in [-0.15, -0.1) is 0 Å². The van der Waals surface area contributed by atoms with E-state index in [2.05, 4.69) is 17.6 Å². The Labute approximate surface area is 101 Å². The van der Waals surface area contributed by atoms with E-state index < -0.39 is 11.4 Å². The van der Waals surface area contributed by atoms with Gasteiger partial charge in [0, 0.05) is 13.1 Å². The van der Waals surface area contributed by atoms with Crippen LogP contribution in [0.5, 0.6) is 0 Å². The van der Waals surface area contributed by atoms with E-state index in [4.69, 9.17) is 5.11 Å². The van der Waals surface area contributed by atoms with Gasteiger partial charge in [0.25, 0.3) is 0 Å². The second kappa shape index (κ2) is 4.55. The van der Waals surface area contributed by atoms with Crippen molar-refractivity contribution in [2.75, 3.05) is 13.1 Å². The van der Waals surface area contributed by atoms with Gasteiger partial charge in [0.2, 0.25) is 0 Å². The maximum Gasteiger partial charge on any atom is 0.314 e. The number of carboxylic acid groups (broad SMARTS) is 1. The van der Waals surface area contributed by atoms with E-state index in [1.807, 2.05) is 0 Å². The van der Waals surface area contributed by atoms with Gasteiger partial charge >= 0.3 is 12.0 Å². The van der Waals surface area contributed by atoms with E-state index in [-0.39, 0.29) is 12.6 Å². The summed E-state index contributed by atoms with van der Waals surface area (Å²) in [5, 5.41) is 14.6. The first-order chi connectivity index (χ1) is 8.03. The Morgan fingerprint density at radius 3 is 2.41 bits per heavy atom. The SMILES string of the molecule is CC1CC1CNC(=O)NCC1(C(=O)O)CCC1. The molecule has 5 nitrogen and oxygen atoms in total. The lowest BCUT2D eigenvalue weighted by Gasteiger charge is -2.37. The molecule has 2 saturated carbocycles. The van der Waals surface area contributed by atoms with Crippen LogP contribution in [0.4, 0.5) is 4.79 Å². The predicted molar refractivity (Wildman–Crippen MR) is 62.6 cm³/mol. The van der Waals surface area contributed by atoms with E-state index in [0.717, 1.165) is 6.42 Å². The van der Waals surface area contributed by atoms with Crippen molar-refractivity contribution in [3.8, 4) is 0 Å². The Hall–Kier alpha value is -1.26. The van der Waals surface area contributed by atoms with Gasteiger partial charge in [-0.25, -0.2) is 4.79 Å². The summed E-state index contributed by atoms with van der Waals surface area (Å²) in [6, 6.07) is -0.239. The third kappa shape index (κ3) is 2.70. The predicted octanol–water partition coefficient (Wildman–Crippen LogP) is 1.20. The Balaban J connectivity index is 1.66. The lowest BCUT2D eigenvalue weighted by atomic mass is 9.69. The minimum Gasteiger partial charge on any atom is -0.481 e. The number of carboxylic acids is 1. The van der Waals surface area contributed by atoms with E-state index in [1.54, 1.807) is 0 Å². The maximum absolute atomic E-state index is 11.5. The Morgan fingerprint density at radius 2 is 2.00 bits per heavy atom. The summed E-state index contributed by atoms with van der Waals surface area (Å²) in [6.45, 7) is 3.11. The molecular weight excluding hydrogens is 220 g/mol. The highest BCUT2D eigenvalue weighted by molar-refractivity contribution is 5.78. The van der Waals surface area contributed by atoms with Crippen LogP contribution in [0.3, 0.4) is 0 Å². The summed E-state index contributed by atoms with van der Waals surface area (Å²) in [5.74, 6) is 0.532. The first kappa shape index (κ1) is 12.2. The fourth-order valence-electron chi connectivity index (χ4n) is 2.29. The van der Waals surface area contributed by atoms with Crippen LogP contribution in [-0.2, 0) is 4.79 Å². The van der Waals surface area contributed by atoms with Gasteiger partial charge in [-0.3, -0.25) is 4.79 Å². The number of nitrogens with one attached hydrogen (secondary N) is 2. The average Bonchev–Trinajstić information content (AvgIpc) is 2.89. The van der Waals surface area contributed by atoms with Gasteiger partial charge in [-0.05, 0) is 31.1 Å². The summed E-state index contributed by atoms with van der Waals surface area (Å²) >= 11 is 0. The fourth-order valence-corrected chi connectivity index (χ4v) is 2.29. The monoisotopic (exact) mass is 240 g/mol. The standard InChI is InChI=1S/C12H20N2O3/c1-8-5-9(8)6-13-11(17)14-7-12(10(15)16)3-2-4-12/h8-9H,2-7H2,1H3,(H,15,16)(H2,13,14,17). The molecule has 2 unspecified atom stereocenters. The topological polar surface area (TPSA) is 78.4 Å². The van der Waals surface area contributed by atoms with Crippen molar-refractivity contribution < 1.29 is 14.7 Å². The maximum atomic E-state index is 11.5. The molecule has 0 aromatic carbocycles. The molecular formula is C12H20N2O3. The van der Waals surface area contributed by atoms with Crippen LogP contribution in [0.2, 0.25) is 0 Å². The molecule has 0 heterocycles. The van der Waals surface area contributed by atoms with Crippen molar-refractivity contribution in [1.29, 1.82) is 0 Å². The van der Waals surface area contributed by atoms with E-state index in [9.17, 15) is 9.59 Å². The molecule has 0 spiro atoms. The molecule has 5 heteroatoms. The number of rotatable bonds is 5. The number of aliphatic carboxylic acids is 1. The van der Waals surface area contributed by atoms with Crippen molar-refractivity contribution in [1.82, 2.24) is 10.6 Å². The molecule has 2 aliphatic rings. The lowest BCUT2D eigenvalue weighted by molar-refractivity contribution is -0.153. The number of urea groups is 1. The Bertz CT molecular complexity index is 326. The van der Waals surface area contributed by atoms with Gasteiger partial charge in [0.15, 0.2) is 0 Å². The van der Waals surface area contributed by atoms with Crippen LogP contribution < -0.4 is 10.6 Å². The van der Waals surface area contributed by atoms with Crippen LogP contribution in [0, 0.1) is 17.3 Å². The summed E-state index contributed by atoms with van der Waals surface area (Å²) < 4.78 is 0. The third-order valence-electron chi connectivity index (χ3n) is 4.15. The van der Waals surface area contributed by atoms with Crippen LogP contribution >= 0.6 is 0 Å². The second-order valence-electron chi connectivity index (χ2n) is 5.48. The number of carbonyl (C=O) groups excluding carboxylic acids is 1. The largest absolute Gasteiger partial charge is 0.481 e. The summed E-state index contributed by atoms with van der Waals surface area (Å²) in [7, 11) is 0. The highest BCUT2D eigenvalue weighted by Gasteiger charge is 2.44. The van der Waals surface area contributed by atoms with Gasteiger partial charge in [0.1, 0.15) is 0 Å². The van der Waals surface area contributed by atoms with Crippen molar-refractivity contribution in [3.63, 3.8) is 0 Å². The van der Waals surface area contributed by atoms with E-state index >= 15 is 0 Å². The first-order valence-electron chi connectivity index (χ1n) is 6.29. The van der Waals surface area contributed by atoms with Crippen molar-refractivity contribution in [2.45, 2.75) is 32.6 Å². The van der Waals surface area contributed by atoms with Crippen LogP contribution in [0.15, 0.2) is 0 Å². The van der Waals surface area contributed by atoms with Gasteiger partial charge in [-0.2, -0.15) is 0 Å². The van der Waals surface area contributed by atoms with E-state index in [1.165, 1.54) is 6.42 Å². The second-order valence-corrected chi connectivity index (χ2v) is 5.48. The highest BCUT2D eigenvalue weighted by atomic mass is 16.4. The van der Waals surface area contributed by atoms with Crippen molar-refractivity contribution >= 4 is 12.0 Å². The quantitative estimate of drug-likeness (QED) is 0.675. The lowest BCUT2D eigenvalue weighted by Crippen LogP contribution is -2.50. The number of hydrogen-bond acceptors (Lipinski definition) is 2. The molecule has 2 fully saturated rings. The summed E-state index contributed by atoms with van der Waals surface area (Å²) in [5.41, 5.74) is -0.704. The molecule has 3 N–H and O–H groups in total. The highest BCUT2D eigenvalue weighted by Crippen LogP contribution is 2.40. The zero-order valence-corrected chi connectivity index (χ0v) is 10.2. The number of amides is 2. The zero-order valence-electron chi connectivity index (χ0n) is 10.2. The molecule has 0 aromatic heterocycles. The van der Waals surface area contributed by atoms with Gasteiger partial charge in [0.05, 0.1) is 5.41 Å². The molecule has 2 amide bonds. The minimum atomic E-state index is -0.792. The Morgan fingerprint density at radius 1 is 1.35 bits per heavy atom. The van der Waals surface area contributed by atoms with Crippen LogP contribution in [-0.4, -0.2) is 30.2 Å². The first-order valence-corrected chi connectivity index (χ1v) is 6.29. The molecule has 96 valence electrons. The molecule has 2 atom stereocenters. The molecule has 2 aliphatic carbocycles. The van der Waals surface area contributed by atoms with Gasteiger partial charge < -0.3 is 15.7 Å². The van der Waals surface area contributed by atoms with Gasteiger partial charge in [-0.1, -0.05) is 13.3 Å². The summed E-state index contributed by atoms with van der Waals surface area (Å²) in [4.78, 5) is 22.5. The number of hydrogen-bond donors (Lipinski definition) is 3. The normalized spacial score (nSPS) is 29.0. The zero-order chi connectivity index (χ0) is 12.5. The molecule has 0 aliphatic heterocycles. The molecule has 0 saturated heterocycles. The molecule has 0 bridgehead atoms. The fraction of sp³-hybridized carbons (Fsp3) is 0.833. The van der Waals surface area contributed by atoms with Crippen LogP contribution in [0.1, 0.15) is 32.6 Å². The third-order valence-corrected chi connectivity index (χ3v) is 4.15.